The Morgan fingerprint density at radius 3 is 1.36 bits per heavy atom. The minimum Gasteiger partial charge on any atom is -1.00 e. The molecule has 0 radical (unpaired) electrons. The molecule has 86 heavy (non-hydrogen) atoms. The zero-order valence-corrected chi connectivity index (χ0v) is 51.4. The first-order chi connectivity index (χ1) is 41.0. The molecule has 22 heteroatoms. The van der Waals surface area contributed by atoms with E-state index >= 15 is 0 Å². The van der Waals surface area contributed by atoms with Crippen LogP contribution in [0.2, 0.25) is 0 Å². The number of benzene rings is 6. The molecule has 0 spiro atoms. The van der Waals surface area contributed by atoms with Crippen LogP contribution in [0.3, 0.4) is 0 Å². The first kappa shape index (κ1) is 65.6. The number of aliphatic hydroxyl groups is 1. The molecule has 0 saturated carbocycles. The first-order valence-corrected chi connectivity index (χ1v) is 28.2. The molecule has 16 nitrogen and oxygen atoms in total. The molecule has 0 aliphatic carbocycles. The van der Waals surface area contributed by atoms with Crippen LogP contribution in [0.15, 0.2) is 164 Å². The number of alkyl halides is 1. The van der Waals surface area contributed by atoms with Crippen LogP contribution in [0.5, 0.6) is 0 Å². The van der Waals surface area contributed by atoms with Crippen molar-refractivity contribution in [3.05, 3.63) is 224 Å². The Balaban J connectivity index is 0.000000241. The minimum absolute atomic E-state index is 0. The average molecular weight is 1250 g/mol. The predicted molar refractivity (Wildman–Crippen MR) is 315 cm³/mol. The smallest absolute Gasteiger partial charge is 1.00 e. The van der Waals surface area contributed by atoms with E-state index in [1.54, 1.807) is 79.7 Å². The van der Waals surface area contributed by atoms with E-state index in [2.05, 4.69) is 31.0 Å². The summed E-state index contributed by atoms with van der Waals surface area (Å²) in [7, 11) is 2.69. The molecule has 4 heterocycles. The number of aliphatic hydroxyl groups excluding tert-OH is 1. The van der Waals surface area contributed by atoms with Gasteiger partial charge in [0.15, 0.2) is 11.5 Å². The van der Waals surface area contributed by atoms with Crippen LogP contribution in [0.4, 0.5) is 17.6 Å². The maximum Gasteiger partial charge on any atom is 1.00 e. The molecule has 0 bridgehead atoms. The summed E-state index contributed by atoms with van der Waals surface area (Å²) in [6, 6.07) is 37.6. The Bertz CT molecular complexity index is 4020. The van der Waals surface area contributed by atoms with Gasteiger partial charge in [0.2, 0.25) is 0 Å². The van der Waals surface area contributed by atoms with Crippen LogP contribution in [0.1, 0.15) is 100 Å². The number of rotatable bonds is 20. The maximum atomic E-state index is 13.7. The quantitative estimate of drug-likeness (QED) is 0.0248. The van der Waals surface area contributed by atoms with Crippen molar-refractivity contribution < 1.29 is 86.5 Å². The normalized spacial score (nSPS) is 11.7. The predicted octanol–water partition coefficient (Wildman–Crippen LogP) is 10.4. The number of nitrogens with zero attached hydrogens (tertiary/aromatic N) is 6. The number of ether oxygens (including phenoxy) is 3. The summed E-state index contributed by atoms with van der Waals surface area (Å²) in [4.78, 5) is 59.6. The second-order valence-electron chi connectivity index (χ2n) is 19.6. The molecule has 0 aliphatic rings. The molecule has 0 amide bonds. The van der Waals surface area contributed by atoms with E-state index in [0.717, 1.165) is 16.5 Å². The van der Waals surface area contributed by atoms with Gasteiger partial charge in [0.1, 0.15) is 58.5 Å². The van der Waals surface area contributed by atoms with Crippen molar-refractivity contribution >= 4 is 49.7 Å². The van der Waals surface area contributed by atoms with Gasteiger partial charge in [-0.3, -0.25) is 28.3 Å². The van der Waals surface area contributed by atoms with Crippen molar-refractivity contribution in [3.8, 4) is 33.9 Å². The number of unbranched alkanes of at least 4 members (excludes halogenated alkanes) is 2. The molecule has 6 aromatic carbocycles. The molecule has 0 aliphatic heterocycles. The van der Waals surface area contributed by atoms with E-state index < -0.39 is 23.8 Å². The number of esters is 2. The van der Waals surface area contributed by atoms with E-state index in [9.17, 15) is 41.8 Å². The van der Waals surface area contributed by atoms with Crippen LogP contribution in [0, 0.1) is 23.3 Å². The van der Waals surface area contributed by atoms with Gasteiger partial charge in [-0.25, -0.2) is 27.5 Å². The Morgan fingerprint density at radius 1 is 0.570 bits per heavy atom. The second-order valence-corrected chi connectivity index (χ2v) is 20.1. The summed E-state index contributed by atoms with van der Waals surface area (Å²) >= 11 is 3.26. The number of carbonyl (C=O) groups is 2. The second kappa shape index (κ2) is 31.5. The molecule has 0 fully saturated rings. The van der Waals surface area contributed by atoms with Gasteiger partial charge < -0.3 is 29.8 Å². The Kier molecular flexibility index (Phi) is 24.0. The van der Waals surface area contributed by atoms with Crippen LogP contribution >= 0.6 is 15.9 Å². The maximum absolute atomic E-state index is 13.7. The van der Waals surface area contributed by atoms with Crippen molar-refractivity contribution in [2.45, 2.75) is 89.4 Å². The molecule has 10 rings (SSSR count). The summed E-state index contributed by atoms with van der Waals surface area (Å²) in [5, 5.41) is 19.4. The van der Waals surface area contributed by atoms with Crippen molar-refractivity contribution in [3.63, 3.8) is 0 Å². The molecular formula is C64H60BrF4N6NaO10. The van der Waals surface area contributed by atoms with Gasteiger partial charge in [0.25, 0.3) is 11.1 Å². The SMILES string of the molecule is COC(=O)CCCCc1nc2cc(-c3cc([C@@H](C)O)on3)ccc2c(=O)n1-c1ccc(F)cc1.COC(=O)CCCCc1nc2cc(-c3cc([C@@H](C)OCc4ccc(F)cc4)on3)ccc2c(=O)n1-c1ccc(F)cc1.Fc1ccc(CBr)cc1.[H-].[Na+]. The number of methoxy groups -OCH3 is 2. The van der Waals surface area contributed by atoms with Crippen LogP contribution in [-0.2, 0) is 48.6 Å². The van der Waals surface area contributed by atoms with Gasteiger partial charge in [0.05, 0.1) is 54.0 Å². The van der Waals surface area contributed by atoms with E-state index in [4.69, 9.17) is 28.5 Å². The Hall–Kier alpha value is -7.92. The molecule has 0 unspecified atom stereocenters. The minimum atomic E-state index is -0.792. The summed E-state index contributed by atoms with van der Waals surface area (Å²) in [5.41, 5.74) is 5.76. The summed E-state index contributed by atoms with van der Waals surface area (Å²) in [6.07, 6.45) is 2.51. The monoisotopic (exact) mass is 1250 g/mol. The van der Waals surface area contributed by atoms with Gasteiger partial charge in [0, 0.05) is 54.3 Å². The first-order valence-electron chi connectivity index (χ1n) is 27.1. The number of fused-ring (bicyclic) bond motifs is 2. The van der Waals surface area contributed by atoms with E-state index in [1.807, 2.05) is 6.92 Å². The molecular weight excluding hydrogens is 1190 g/mol. The van der Waals surface area contributed by atoms with Crippen LogP contribution in [0.25, 0.3) is 55.7 Å². The summed E-state index contributed by atoms with van der Waals surface area (Å²) < 4.78 is 81.4. The summed E-state index contributed by atoms with van der Waals surface area (Å²) in [6.45, 7) is 3.69. The Morgan fingerprint density at radius 2 is 0.965 bits per heavy atom. The zero-order valence-electron chi connectivity index (χ0n) is 48.8. The van der Waals surface area contributed by atoms with Gasteiger partial charge >= 0.3 is 41.5 Å². The topological polar surface area (TPSA) is 204 Å². The number of carbonyl (C=O) groups excluding carboxylic acids is 2. The fraction of sp³-hybridized carbons (Fsp3) is 0.250. The Labute approximate surface area is 523 Å². The fourth-order valence-electron chi connectivity index (χ4n) is 8.84. The third-order valence-electron chi connectivity index (χ3n) is 13.5. The molecule has 2 atom stereocenters. The molecule has 10 aromatic rings. The van der Waals surface area contributed by atoms with E-state index in [0.29, 0.717) is 117 Å². The molecule has 1 N–H and O–H groups in total. The number of hydrogen-bond acceptors (Lipinski definition) is 14. The van der Waals surface area contributed by atoms with E-state index in [1.165, 1.54) is 96.2 Å². The van der Waals surface area contributed by atoms with Gasteiger partial charge in [-0.2, -0.15) is 0 Å². The van der Waals surface area contributed by atoms with Crippen LogP contribution < -0.4 is 40.7 Å². The number of aromatic nitrogens is 6. The van der Waals surface area contributed by atoms with Gasteiger partial charge in [-0.15, -0.1) is 0 Å². The molecule has 0 saturated heterocycles. The van der Waals surface area contributed by atoms with Gasteiger partial charge in [-0.05, 0) is 148 Å². The standard InChI is InChI=1S/C32H29F2N3O5.C25H24FN3O5.C7H6BrF.Na.H/c1-20(41-19-21-7-10-23(33)11-8-21)29-18-27(36-42-29)22-9-16-26-28(17-22)35-30(5-3-4-6-31(38)40-2)37(32(26)39)25-14-12-24(34)13-15-25;1-15(30)22-14-20(28-34-22)16-7-12-19-21(13-16)27-23(5-3-4-6-24(31)33-2)29(25(19)32)18-10-8-17(26)9-11-18;8-5-6-1-3-7(9)4-2-6;;/h7-18,20H,3-6,19H2,1-2H3;7-15,30H,3-6H2,1-2H3;1-4H,5H2;;/q;;;+1;-1/t20-;15-;;;/m11.../s1. The fourth-order valence-corrected chi connectivity index (χ4v) is 9.21. The molecule has 4 aromatic heterocycles. The number of aryl methyl sites for hydroxylation is 2. The van der Waals surface area contributed by atoms with Crippen molar-refractivity contribution in [2.24, 2.45) is 0 Å². The third-order valence-corrected chi connectivity index (χ3v) is 14.2. The van der Waals surface area contributed by atoms with Crippen LogP contribution in [-0.4, -0.2) is 60.7 Å². The van der Waals surface area contributed by atoms with E-state index in [-0.39, 0.29) is 85.1 Å². The zero-order chi connectivity index (χ0) is 60.6. The number of hydrogen-bond donors (Lipinski definition) is 1. The molecule has 442 valence electrons. The third kappa shape index (κ3) is 17.4. The average Bonchev–Trinajstić information content (AvgIpc) is 1.34. The largest absolute Gasteiger partial charge is 1.00 e. The van der Waals surface area contributed by atoms with Gasteiger partial charge in [-0.1, -0.05) is 62.6 Å². The number of halogens is 5. The van der Waals surface area contributed by atoms with Crippen molar-refractivity contribution in [1.29, 1.82) is 0 Å². The van der Waals surface area contributed by atoms with Crippen molar-refractivity contribution in [2.75, 3.05) is 14.2 Å². The summed E-state index contributed by atoms with van der Waals surface area (Å²) in [5.74, 6) is -0.0670. The van der Waals surface area contributed by atoms with Crippen molar-refractivity contribution in [1.82, 2.24) is 29.4 Å².